The van der Waals surface area contributed by atoms with Gasteiger partial charge in [0.05, 0.1) is 6.42 Å². The van der Waals surface area contributed by atoms with Crippen molar-refractivity contribution in [2.24, 2.45) is 0 Å². The molecule has 0 spiro atoms. The first-order chi connectivity index (χ1) is 8.93. The lowest BCUT2D eigenvalue weighted by atomic mass is 10.2. The van der Waals surface area contributed by atoms with Gasteiger partial charge in [-0.1, -0.05) is 17.7 Å². The Morgan fingerprint density at radius 3 is 2.37 bits per heavy atom. The Kier molecular flexibility index (Phi) is 5.36. The van der Waals surface area contributed by atoms with Gasteiger partial charge in [0.1, 0.15) is 0 Å². The van der Waals surface area contributed by atoms with E-state index in [1.807, 2.05) is 38.1 Å². The predicted octanol–water partition coefficient (Wildman–Crippen LogP) is 2.71. The van der Waals surface area contributed by atoms with Crippen molar-refractivity contribution in [1.29, 1.82) is 0 Å². The number of carbonyl (C=O) groups is 2. The van der Waals surface area contributed by atoms with Crippen molar-refractivity contribution in [3.05, 3.63) is 29.8 Å². The van der Waals surface area contributed by atoms with E-state index in [1.165, 1.54) is 4.90 Å². The van der Waals surface area contributed by atoms with Crippen molar-refractivity contribution < 1.29 is 14.7 Å². The molecule has 0 radical (unpaired) electrons. The van der Waals surface area contributed by atoms with Crippen molar-refractivity contribution in [2.75, 3.05) is 11.9 Å². The third kappa shape index (κ3) is 4.62. The van der Waals surface area contributed by atoms with Crippen LogP contribution in [-0.2, 0) is 4.79 Å². The van der Waals surface area contributed by atoms with Gasteiger partial charge in [-0.2, -0.15) is 0 Å². The molecule has 1 aromatic carbocycles. The minimum Gasteiger partial charge on any atom is -0.481 e. The summed E-state index contributed by atoms with van der Waals surface area (Å²) in [4.78, 5) is 24.3. The van der Waals surface area contributed by atoms with Crippen LogP contribution >= 0.6 is 0 Å². The quantitative estimate of drug-likeness (QED) is 0.859. The van der Waals surface area contributed by atoms with Gasteiger partial charge in [0, 0.05) is 18.3 Å². The molecular weight excluding hydrogens is 244 g/mol. The van der Waals surface area contributed by atoms with Gasteiger partial charge in [-0.05, 0) is 32.9 Å². The number of rotatable bonds is 5. The molecule has 0 saturated carbocycles. The predicted molar refractivity (Wildman–Crippen MR) is 74.3 cm³/mol. The molecule has 0 fully saturated rings. The number of nitrogens with one attached hydrogen (secondary N) is 1. The van der Waals surface area contributed by atoms with Crippen molar-refractivity contribution >= 4 is 17.7 Å². The summed E-state index contributed by atoms with van der Waals surface area (Å²) >= 11 is 0. The van der Waals surface area contributed by atoms with Gasteiger partial charge in [-0.25, -0.2) is 4.79 Å². The Balaban J connectivity index is 2.68. The van der Waals surface area contributed by atoms with Gasteiger partial charge in [0.25, 0.3) is 0 Å². The Labute approximate surface area is 113 Å². The van der Waals surface area contributed by atoms with Crippen molar-refractivity contribution in [2.45, 2.75) is 33.2 Å². The van der Waals surface area contributed by atoms with Crippen molar-refractivity contribution in [1.82, 2.24) is 4.90 Å². The number of urea groups is 1. The number of hydrogen-bond donors (Lipinski definition) is 2. The highest BCUT2D eigenvalue weighted by Gasteiger charge is 2.20. The molecule has 2 amide bonds. The minimum atomic E-state index is -0.908. The SMILES string of the molecule is CCN(C(=O)Nc1ccc(C)cc1)C(C)CC(=O)O. The van der Waals surface area contributed by atoms with Crippen LogP contribution in [0.3, 0.4) is 0 Å². The van der Waals surface area contributed by atoms with Crippen LogP contribution in [0.5, 0.6) is 0 Å². The third-order valence-electron chi connectivity index (χ3n) is 2.91. The number of anilines is 1. The molecule has 5 heteroatoms. The molecule has 0 aromatic heterocycles. The van der Waals surface area contributed by atoms with E-state index in [0.717, 1.165) is 5.56 Å². The Hall–Kier alpha value is -2.04. The maximum atomic E-state index is 12.1. The molecule has 0 aliphatic heterocycles. The molecule has 2 N–H and O–H groups in total. The van der Waals surface area contributed by atoms with E-state index in [1.54, 1.807) is 6.92 Å². The van der Waals surface area contributed by atoms with Crippen LogP contribution < -0.4 is 5.32 Å². The molecule has 0 aliphatic rings. The Morgan fingerprint density at radius 2 is 1.89 bits per heavy atom. The summed E-state index contributed by atoms with van der Waals surface area (Å²) < 4.78 is 0. The maximum absolute atomic E-state index is 12.1. The number of amides is 2. The van der Waals surface area contributed by atoms with E-state index in [4.69, 9.17) is 5.11 Å². The molecule has 1 atom stereocenters. The van der Waals surface area contributed by atoms with E-state index >= 15 is 0 Å². The largest absolute Gasteiger partial charge is 0.481 e. The normalized spacial score (nSPS) is 11.7. The second-order valence-electron chi connectivity index (χ2n) is 4.53. The van der Waals surface area contributed by atoms with Gasteiger partial charge in [0.15, 0.2) is 0 Å². The van der Waals surface area contributed by atoms with E-state index in [2.05, 4.69) is 5.32 Å². The van der Waals surface area contributed by atoms with Crippen LogP contribution in [0, 0.1) is 6.92 Å². The number of aliphatic carboxylic acids is 1. The summed E-state index contributed by atoms with van der Waals surface area (Å²) in [6.07, 6.45) is -0.0604. The van der Waals surface area contributed by atoms with E-state index in [0.29, 0.717) is 12.2 Å². The molecule has 0 aliphatic carbocycles. The molecule has 1 rings (SSSR count). The number of aryl methyl sites for hydroxylation is 1. The highest BCUT2D eigenvalue weighted by molar-refractivity contribution is 5.89. The van der Waals surface area contributed by atoms with Crippen LogP contribution in [0.1, 0.15) is 25.8 Å². The summed E-state index contributed by atoms with van der Waals surface area (Å²) in [5.41, 5.74) is 1.82. The number of carbonyl (C=O) groups excluding carboxylic acids is 1. The second-order valence-corrected chi connectivity index (χ2v) is 4.53. The molecule has 1 aromatic rings. The summed E-state index contributed by atoms with van der Waals surface area (Å²) in [6.45, 7) is 5.99. The number of benzene rings is 1. The van der Waals surface area contributed by atoms with Crippen LogP contribution in [-0.4, -0.2) is 34.6 Å². The smallest absolute Gasteiger partial charge is 0.322 e. The summed E-state index contributed by atoms with van der Waals surface area (Å²) in [5.74, 6) is -0.908. The van der Waals surface area contributed by atoms with Gasteiger partial charge in [0.2, 0.25) is 0 Å². The van der Waals surface area contributed by atoms with E-state index < -0.39 is 5.97 Å². The summed E-state index contributed by atoms with van der Waals surface area (Å²) in [6, 6.07) is 6.85. The lowest BCUT2D eigenvalue weighted by molar-refractivity contribution is -0.137. The van der Waals surface area contributed by atoms with Crippen molar-refractivity contribution in [3.8, 4) is 0 Å². The van der Waals surface area contributed by atoms with E-state index in [-0.39, 0.29) is 18.5 Å². The molecule has 0 heterocycles. The lowest BCUT2D eigenvalue weighted by Crippen LogP contribution is -2.42. The zero-order chi connectivity index (χ0) is 14.4. The first-order valence-electron chi connectivity index (χ1n) is 6.30. The zero-order valence-electron chi connectivity index (χ0n) is 11.5. The van der Waals surface area contributed by atoms with Crippen LogP contribution in [0.4, 0.5) is 10.5 Å². The number of carboxylic acid groups (broad SMARTS) is 1. The fourth-order valence-corrected chi connectivity index (χ4v) is 1.85. The van der Waals surface area contributed by atoms with Crippen molar-refractivity contribution in [3.63, 3.8) is 0 Å². The monoisotopic (exact) mass is 264 g/mol. The minimum absolute atomic E-state index is 0.0604. The van der Waals surface area contributed by atoms with Crippen LogP contribution in [0.2, 0.25) is 0 Å². The van der Waals surface area contributed by atoms with E-state index in [9.17, 15) is 9.59 Å². The average molecular weight is 264 g/mol. The van der Waals surface area contributed by atoms with Gasteiger partial charge < -0.3 is 15.3 Å². The molecule has 5 nitrogen and oxygen atoms in total. The summed E-state index contributed by atoms with van der Waals surface area (Å²) in [5, 5.41) is 11.5. The second kappa shape index (κ2) is 6.78. The highest BCUT2D eigenvalue weighted by atomic mass is 16.4. The maximum Gasteiger partial charge on any atom is 0.322 e. The zero-order valence-corrected chi connectivity index (χ0v) is 11.5. The fourth-order valence-electron chi connectivity index (χ4n) is 1.85. The summed E-state index contributed by atoms with van der Waals surface area (Å²) in [7, 11) is 0. The number of carboxylic acids is 1. The third-order valence-corrected chi connectivity index (χ3v) is 2.91. The lowest BCUT2D eigenvalue weighted by Gasteiger charge is -2.27. The topological polar surface area (TPSA) is 69.6 Å². The Morgan fingerprint density at radius 1 is 1.32 bits per heavy atom. The molecule has 0 saturated heterocycles. The molecular formula is C14H20N2O3. The van der Waals surface area contributed by atoms with Crippen LogP contribution in [0.25, 0.3) is 0 Å². The highest BCUT2D eigenvalue weighted by Crippen LogP contribution is 2.11. The van der Waals surface area contributed by atoms with Gasteiger partial charge in [-0.15, -0.1) is 0 Å². The molecule has 0 bridgehead atoms. The Bertz CT molecular complexity index is 443. The van der Waals surface area contributed by atoms with Gasteiger partial charge in [-0.3, -0.25) is 4.79 Å². The first-order valence-corrected chi connectivity index (χ1v) is 6.30. The number of nitrogens with zero attached hydrogens (tertiary/aromatic N) is 1. The molecule has 104 valence electrons. The van der Waals surface area contributed by atoms with Gasteiger partial charge >= 0.3 is 12.0 Å². The standard InChI is InChI=1S/C14H20N2O3/c1-4-16(11(3)9-13(17)18)14(19)15-12-7-5-10(2)6-8-12/h5-8,11H,4,9H2,1-3H3,(H,15,19)(H,17,18). The average Bonchev–Trinajstić information content (AvgIpc) is 2.32. The molecule has 1 unspecified atom stereocenters. The number of hydrogen-bond acceptors (Lipinski definition) is 2. The fraction of sp³-hybridized carbons (Fsp3) is 0.429. The molecule has 19 heavy (non-hydrogen) atoms. The first kappa shape index (κ1) is 15.0. The van der Waals surface area contributed by atoms with Crippen LogP contribution in [0.15, 0.2) is 24.3 Å².